The fourth-order valence-corrected chi connectivity index (χ4v) is 3.49. The first kappa shape index (κ1) is 14.1. The maximum absolute atomic E-state index is 12.7. The molecule has 2 fully saturated rings. The van der Waals surface area contributed by atoms with E-state index in [4.69, 9.17) is 16.3 Å². The van der Waals surface area contributed by atoms with E-state index in [0.717, 1.165) is 12.8 Å². The Kier molecular flexibility index (Phi) is 4.22. The molecule has 0 aromatic heterocycles. The van der Waals surface area contributed by atoms with E-state index in [1.165, 1.54) is 6.42 Å². The van der Waals surface area contributed by atoms with Gasteiger partial charge in [-0.05, 0) is 25.2 Å². The van der Waals surface area contributed by atoms with Gasteiger partial charge in [0.25, 0.3) is 0 Å². The van der Waals surface area contributed by atoms with Gasteiger partial charge in [-0.25, -0.2) is 0 Å². The Bertz CT molecular complexity index is 319. The van der Waals surface area contributed by atoms with Gasteiger partial charge in [-0.1, -0.05) is 20.3 Å². The van der Waals surface area contributed by atoms with E-state index in [2.05, 4.69) is 13.8 Å². The Labute approximate surface area is 115 Å². The number of ether oxygens (including phenoxy) is 1. The highest BCUT2D eigenvalue weighted by molar-refractivity contribution is 6.18. The minimum absolute atomic E-state index is 0.0103. The van der Waals surface area contributed by atoms with Crippen molar-refractivity contribution >= 4 is 17.5 Å². The number of halogens is 1. The number of rotatable bonds is 2. The molecule has 18 heavy (non-hydrogen) atoms. The summed E-state index contributed by atoms with van der Waals surface area (Å²) in [6, 6.07) is 0. The summed E-state index contributed by atoms with van der Waals surface area (Å²) in [5.41, 5.74) is 0.148. The number of amides is 1. The van der Waals surface area contributed by atoms with E-state index in [9.17, 15) is 4.79 Å². The number of nitrogens with zero attached hydrogens (tertiary/aromatic N) is 1. The molecule has 0 radical (unpaired) electrons. The third-order valence-corrected chi connectivity index (χ3v) is 4.71. The van der Waals surface area contributed by atoms with E-state index in [-0.39, 0.29) is 23.5 Å². The van der Waals surface area contributed by atoms with Crippen LogP contribution >= 0.6 is 11.6 Å². The molecule has 0 spiro atoms. The van der Waals surface area contributed by atoms with E-state index < -0.39 is 0 Å². The Morgan fingerprint density at radius 1 is 1.44 bits per heavy atom. The number of hydrogen-bond donors (Lipinski definition) is 0. The predicted molar refractivity (Wildman–Crippen MR) is 72.8 cm³/mol. The highest BCUT2D eigenvalue weighted by Gasteiger charge is 2.42. The van der Waals surface area contributed by atoms with E-state index in [1.807, 2.05) is 11.8 Å². The lowest BCUT2D eigenvalue weighted by molar-refractivity contribution is -0.149. The maximum Gasteiger partial charge on any atom is 0.226 e. The summed E-state index contributed by atoms with van der Waals surface area (Å²) >= 11 is 5.87. The number of hydrogen-bond acceptors (Lipinski definition) is 2. The summed E-state index contributed by atoms with van der Waals surface area (Å²) in [6.45, 7) is 7.80. The van der Waals surface area contributed by atoms with Gasteiger partial charge in [0.2, 0.25) is 5.91 Å². The topological polar surface area (TPSA) is 29.5 Å². The van der Waals surface area contributed by atoms with Gasteiger partial charge >= 0.3 is 0 Å². The van der Waals surface area contributed by atoms with Crippen LogP contribution in [0.2, 0.25) is 0 Å². The number of morpholine rings is 1. The summed E-state index contributed by atoms with van der Waals surface area (Å²) in [5, 5.41) is 0. The Morgan fingerprint density at radius 2 is 2.17 bits per heavy atom. The van der Waals surface area contributed by atoms with Crippen molar-refractivity contribution in [3.63, 3.8) is 0 Å². The summed E-state index contributed by atoms with van der Waals surface area (Å²) in [6.07, 6.45) is 3.44. The van der Waals surface area contributed by atoms with Gasteiger partial charge in [0, 0.05) is 19.0 Å². The maximum atomic E-state index is 12.7. The van der Waals surface area contributed by atoms with Crippen LogP contribution in [0.4, 0.5) is 0 Å². The van der Waals surface area contributed by atoms with Crippen LogP contribution in [0, 0.1) is 11.3 Å². The molecule has 0 bridgehead atoms. The molecule has 1 aliphatic heterocycles. The summed E-state index contributed by atoms with van der Waals surface area (Å²) in [5.74, 6) is 0.948. The molecule has 1 amide bonds. The standard InChI is InChI=1S/C14H24ClNO2/c1-10-8-16(9-11(7-15)18-10)13(17)12-5-4-6-14(12,2)3/h10-12H,4-9H2,1-3H3. The third kappa shape index (κ3) is 2.83. The van der Waals surface area contributed by atoms with Gasteiger partial charge in [-0.3, -0.25) is 4.79 Å². The van der Waals surface area contributed by atoms with Gasteiger partial charge < -0.3 is 9.64 Å². The Balaban J connectivity index is 2.04. The molecule has 2 rings (SSSR count). The number of alkyl halides is 1. The van der Waals surface area contributed by atoms with Crippen LogP contribution in [0.1, 0.15) is 40.0 Å². The molecule has 104 valence electrons. The van der Waals surface area contributed by atoms with Crippen LogP contribution in [0.5, 0.6) is 0 Å². The Hall–Kier alpha value is -0.280. The molecule has 1 heterocycles. The molecule has 0 N–H and O–H groups in total. The molecule has 0 aromatic carbocycles. The molecule has 4 heteroatoms. The third-order valence-electron chi connectivity index (χ3n) is 4.37. The van der Waals surface area contributed by atoms with Crippen molar-refractivity contribution in [3.05, 3.63) is 0 Å². The molecular weight excluding hydrogens is 250 g/mol. The molecule has 3 nitrogen and oxygen atoms in total. The molecule has 0 aromatic rings. The van der Waals surface area contributed by atoms with Crippen molar-refractivity contribution in [1.29, 1.82) is 0 Å². The van der Waals surface area contributed by atoms with Crippen molar-refractivity contribution < 1.29 is 9.53 Å². The normalized spacial score (nSPS) is 35.8. The zero-order chi connectivity index (χ0) is 13.3. The van der Waals surface area contributed by atoms with Gasteiger partial charge in [0.15, 0.2) is 0 Å². The van der Waals surface area contributed by atoms with E-state index >= 15 is 0 Å². The minimum Gasteiger partial charge on any atom is -0.370 e. The lowest BCUT2D eigenvalue weighted by Crippen LogP contribution is -2.52. The zero-order valence-corrected chi connectivity index (χ0v) is 12.4. The second-order valence-electron chi connectivity index (χ2n) is 6.40. The molecule has 3 unspecified atom stereocenters. The van der Waals surface area contributed by atoms with Crippen LogP contribution in [0.3, 0.4) is 0 Å². The number of carbonyl (C=O) groups excluding carboxylic acids is 1. The molecule has 3 atom stereocenters. The average molecular weight is 274 g/mol. The predicted octanol–water partition coefficient (Wildman–Crippen LogP) is 2.67. The first-order chi connectivity index (χ1) is 8.44. The molecular formula is C14H24ClNO2. The van der Waals surface area contributed by atoms with Gasteiger partial charge in [0.05, 0.1) is 18.1 Å². The first-order valence-electron chi connectivity index (χ1n) is 6.94. The van der Waals surface area contributed by atoms with Crippen LogP contribution in [-0.2, 0) is 9.53 Å². The van der Waals surface area contributed by atoms with Crippen molar-refractivity contribution in [2.75, 3.05) is 19.0 Å². The number of carbonyl (C=O) groups is 1. The van der Waals surface area contributed by atoms with Crippen molar-refractivity contribution in [2.24, 2.45) is 11.3 Å². The second kappa shape index (κ2) is 5.38. The summed E-state index contributed by atoms with van der Waals surface area (Å²) in [7, 11) is 0. The molecule has 1 aliphatic carbocycles. The lowest BCUT2D eigenvalue weighted by atomic mass is 9.81. The van der Waals surface area contributed by atoms with Crippen LogP contribution in [-0.4, -0.2) is 42.0 Å². The van der Waals surface area contributed by atoms with Crippen molar-refractivity contribution in [1.82, 2.24) is 4.90 Å². The van der Waals surface area contributed by atoms with Crippen LogP contribution in [0.15, 0.2) is 0 Å². The monoisotopic (exact) mass is 273 g/mol. The zero-order valence-electron chi connectivity index (χ0n) is 11.6. The quantitative estimate of drug-likeness (QED) is 0.724. The van der Waals surface area contributed by atoms with Gasteiger partial charge in [0.1, 0.15) is 0 Å². The van der Waals surface area contributed by atoms with E-state index in [0.29, 0.717) is 24.9 Å². The summed E-state index contributed by atoms with van der Waals surface area (Å²) in [4.78, 5) is 14.6. The largest absolute Gasteiger partial charge is 0.370 e. The van der Waals surface area contributed by atoms with Crippen molar-refractivity contribution in [2.45, 2.75) is 52.2 Å². The molecule has 1 saturated heterocycles. The minimum atomic E-state index is -0.0103. The fraction of sp³-hybridized carbons (Fsp3) is 0.929. The summed E-state index contributed by atoms with van der Waals surface area (Å²) < 4.78 is 5.70. The highest BCUT2D eigenvalue weighted by atomic mass is 35.5. The molecule has 2 aliphatic rings. The van der Waals surface area contributed by atoms with Crippen LogP contribution in [0.25, 0.3) is 0 Å². The van der Waals surface area contributed by atoms with Gasteiger partial charge in [-0.2, -0.15) is 0 Å². The first-order valence-corrected chi connectivity index (χ1v) is 7.47. The highest BCUT2D eigenvalue weighted by Crippen LogP contribution is 2.43. The van der Waals surface area contributed by atoms with Gasteiger partial charge in [-0.15, -0.1) is 11.6 Å². The lowest BCUT2D eigenvalue weighted by Gasteiger charge is -2.39. The van der Waals surface area contributed by atoms with Crippen molar-refractivity contribution in [3.8, 4) is 0 Å². The fourth-order valence-electron chi connectivity index (χ4n) is 3.32. The van der Waals surface area contributed by atoms with Crippen LogP contribution < -0.4 is 0 Å². The SMILES string of the molecule is CC1CN(C(=O)C2CCCC2(C)C)CC(CCl)O1. The smallest absolute Gasteiger partial charge is 0.226 e. The second-order valence-corrected chi connectivity index (χ2v) is 6.71. The Morgan fingerprint density at radius 3 is 2.72 bits per heavy atom. The van der Waals surface area contributed by atoms with E-state index in [1.54, 1.807) is 0 Å². The molecule has 1 saturated carbocycles. The average Bonchev–Trinajstić information content (AvgIpc) is 2.67.